The maximum atomic E-state index is 11.9. The Hall–Kier alpha value is -3.25. The molecule has 1 fully saturated rings. The van der Waals surface area contributed by atoms with Crippen LogP contribution in [0.2, 0.25) is 0 Å². The summed E-state index contributed by atoms with van der Waals surface area (Å²) >= 11 is 0. The van der Waals surface area contributed by atoms with E-state index in [1.165, 1.54) is 10.6 Å². The van der Waals surface area contributed by atoms with Crippen LogP contribution in [0.1, 0.15) is 50.3 Å². The van der Waals surface area contributed by atoms with Gasteiger partial charge >= 0.3 is 5.97 Å². The molecule has 2 aromatic heterocycles. The lowest BCUT2D eigenvalue weighted by atomic mass is 9.92. The summed E-state index contributed by atoms with van der Waals surface area (Å²) in [5.41, 5.74) is 4.03. The molecule has 11 heteroatoms. The maximum Gasteiger partial charge on any atom is 0.305 e. The standard InChI is InChI=1S/C20H24N6O5/c1-2-3-4-5-6-15(27)30-9-13-17(28)18(29)20(10-22,31-13)14-7-12(8-21)16-19(23)24-11-25-26(14)16/h7,11,13,17-18,28-29H,2-6,9H2,1H3,(H2,23,24,25). The van der Waals surface area contributed by atoms with Crippen LogP contribution in [0.25, 0.3) is 5.52 Å². The zero-order valence-electron chi connectivity index (χ0n) is 17.1. The Labute approximate surface area is 178 Å². The minimum atomic E-state index is -2.06. The Bertz CT molecular complexity index is 1040. The predicted octanol–water partition coefficient (Wildman–Crippen LogP) is 0.536. The highest BCUT2D eigenvalue weighted by molar-refractivity contribution is 5.75. The lowest BCUT2D eigenvalue weighted by Crippen LogP contribution is -2.41. The molecule has 2 aromatic rings. The van der Waals surface area contributed by atoms with Crippen LogP contribution in [0.5, 0.6) is 0 Å². The molecule has 0 aromatic carbocycles. The van der Waals surface area contributed by atoms with Crippen molar-refractivity contribution in [2.24, 2.45) is 0 Å². The van der Waals surface area contributed by atoms with Crippen LogP contribution >= 0.6 is 0 Å². The molecule has 1 aliphatic heterocycles. The number of nitriles is 2. The summed E-state index contributed by atoms with van der Waals surface area (Å²) < 4.78 is 12.1. The van der Waals surface area contributed by atoms with E-state index in [1.54, 1.807) is 0 Å². The third-order valence-electron chi connectivity index (χ3n) is 5.35. The van der Waals surface area contributed by atoms with E-state index in [4.69, 9.17) is 15.2 Å². The lowest BCUT2D eigenvalue weighted by Gasteiger charge is -2.24. The number of ether oxygens (including phenoxy) is 2. The van der Waals surface area contributed by atoms with Crippen LogP contribution in [0.15, 0.2) is 12.4 Å². The van der Waals surface area contributed by atoms with E-state index >= 15 is 0 Å². The van der Waals surface area contributed by atoms with E-state index in [1.807, 2.05) is 12.1 Å². The summed E-state index contributed by atoms with van der Waals surface area (Å²) in [7, 11) is 0. The van der Waals surface area contributed by atoms with Crippen LogP contribution in [-0.4, -0.2) is 55.7 Å². The number of nitrogens with zero attached hydrogens (tertiary/aromatic N) is 5. The number of anilines is 1. The fourth-order valence-corrected chi connectivity index (χ4v) is 3.68. The van der Waals surface area contributed by atoms with Gasteiger partial charge in [0.05, 0.1) is 11.3 Å². The quantitative estimate of drug-likeness (QED) is 0.396. The topological polar surface area (TPSA) is 180 Å². The number of aliphatic hydroxyl groups is 2. The molecule has 1 saturated heterocycles. The summed E-state index contributed by atoms with van der Waals surface area (Å²) in [6.07, 6.45) is 0.701. The van der Waals surface area contributed by atoms with Crippen molar-refractivity contribution in [3.63, 3.8) is 0 Å². The van der Waals surface area contributed by atoms with Gasteiger partial charge in [-0.25, -0.2) is 9.50 Å². The number of unbranched alkanes of at least 4 members (excludes halogenated alkanes) is 3. The predicted molar refractivity (Wildman–Crippen MR) is 106 cm³/mol. The minimum Gasteiger partial charge on any atom is -0.463 e. The Morgan fingerprint density at radius 1 is 1.39 bits per heavy atom. The van der Waals surface area contributed by atoms with E-state index in [-0.39, 0.29) is 35.6 Å². The molecule has 31 heavy (non-hydrogen) atoms. The molecular weight excluding hydrogens is 404 g/mol. The molecule has 0 bridgehead atoms. The Morgan fingerprint density at radius 3 is 2.84 bits per heavy atom. The Morgan fingerprint density at radius 2 is 2.16 bits per heavy atom. The summed E-state index contributed by atoms with van der Waals surface area (Å²) in [5, 5.41) is 44.5. The van der Waals surface area contributed by atoms with Crippen molar-refractivity contribution in [1.29, 1.82) is 10.5 Å². The molecule has 3 rings (SSSR count). The fraction of sp³-hybridized carbons (Fsp3) is 0.550. The number of fused-ring (bicyclic) bond motifs is 1. The first-order valence-corrected chi connectivity index (χ1v) is 10.0. The number of nitrogens with two attached hydrogens (primary N) is 1. The number of aromatic nitrogens is 3. The molecule has 0 saturated carbocycles. The first-order valence-electron chi connectivity index (χ1n) is 10.0. The first-order chi connectivity index (χ1) is 14.9. The SMILES string of the molecule is CCCCCCC(=O)OCC1OC(C#N)(c2cc(C#N)c3c(N)ncnn23)C(O)C1O. The Kier molecular flexibility index (Phi) is 6.71. The highest BCUT2D eigenvalue weighted by Crippen LogP contribution is 2.41. The molecule has 0 amide bonds. The van der Waals surface area contributed by atoms with Gasteiger partial charge in [-0.1, -0.05) is 26.2 Å². The molecule has 3 heterocycles. The van der Waals surface area contributed by atoms with Gasteiger partial charge in [0.1, 0.15) is 48.9 Å². The van der Waals surface area contributed by atoms with Crippen LogP contribution in [-0.2, 0) is 19.9 Å². The summed E-state index contributed by atoms with van der Waals surface area (Å²) in [6, 6.07) is 5.13. The second-order valence-corrected chi connectivity index (χ2v) is 7.39. The van der Waals surface area contributed by atoms with Gasteiger partial charge in [0.2, 0.25) is 5.60 Å². The van der Waals surface area contributed by atoms with Gasteiger partial charge in [-0.3, -0.25) is 4.79 Å². The van der Waals surface area contributed by atoms with Gasteiger partial charge in [0.15, 0.2) is 5.82 Å². The molecule has 4 atom stereocenters. The van der Waals surface area contributed by atoms with E-state index in [0.29, 0.717) is 6.42 Å². The van der Waals surface area contributed by atoms with Crippen molar-refractivity contribution < 1.29 is 24.5 Å². The molecule has 4 unspecified atom stereocenters. The second-order valence-electron chi connectivity index (χ2n) is 7.39. The smallest absolute Gasteiger partial charge is 0.305 e. The van der Waals surface area contributed by atoms with Crippen molar-refractivity contribution in [3.05, 3.63) is 23.7 Å². The van der Waals surface area contributed by atoms with Crippen LogP contribution < -0.4 is 5.73 Å². The van der Waals surface area contributed by atoms with Gasteiger partial charge in [-0.05, 0) is 12.5 Å². The van der Waals surface area contributed by atoms with Crippen LogP contribution in [0.3, 0.4) is 0 Å². The number of esters is 1. The fourth-order valence-electron chi connectivity index (χ4n) is 3.68. The number of aliphatic hydroxyl groups excluding tert-OH is 2. The monoisotopic (exact) mass is 428 g/mol. The number of nitrogen functional groups attached to an aromatic ring is 1. The third kappa shape index (κ3) is 4.03. The first kappa shape index (κ1) is 22.4. The van der Waals surface area contributed by atoms with Crippen molar-refractivity contribution in [2.75, 3.05) is 12.3 Å². The van der Waals surface area contributed by atoms with Crippen LogP contribution in [0.4, 0.5) is 5.82 Å². The van der Waals surface area contributed by atoms with Crippen LogP contribution in [0, 0.1) is 22.7 Å². The van der Waals surface area contributed by atoms with Gasteiger partial charge in [-0.15, -0.1) is 0 Å². The van der Waals surface area contributed by atoms with E-state index in [0.717, 1.165) is 25.6 Å². The van der Waals surface area contributed by atoms with E-state index in [9.17, 15) is 25.5 Å². The minimum absolute atomic E-state index is 0.00692. The molecular formula is C20H24N6O5. The maximum absolute atomic E-state index is 11.9. The van der Waals surface area contributed by atoms with E-state index < -0.39 is 29.9 Å². The van der Waals surface area contributed by atoms with Crippen molar-refractivity contribution in [1.82, 2.24) is 14.6 Å². The molecule has 11 nitrogen and oxygen atoms in total. The van der Waals surface area contributed by atoms with Crippen molar-refractivity contribution in [2.45, 2.75) is 62.9 Å². The summed E-state index contributed by atoms with van der Waals surface area (Å²) in [6.45, 7) is 1.73. The number of hydrogen-bond donors (Lipinski definition) is 3. The second kappa shape index (κ2) is 9.27. The third-order valence-corrected chi connectivity index (χ3v) is 5.35. The average molecular weight is 428 g/mol. The zero-order valence-corrected chi connectivity index (χ0v) is 17.1. The van der Waals surface area contributed by atoms with Gasteiger partial charge < -0.3 is 25.4 Å². The molecule has 0 radical (unpaired) electrons. The summed E-state index contributed by atoms with van der Waals surface area (Å²) in [4.78, 5) is 15.8. The molecule has 0 spiro atoms. The highest BCUT2D eigenvalue weighted by Gasteiger charge is 2.58. The Balaban J connectivity index is 1.83. The zero-order chi connectivity index (χ0) is 22.6. The number of carbonyl (C=O) groups excluding carboxylic acids is 1. The molecule has 0 aliphatic carbocycles. The van der Waals surface area contributed by atoms with E-state index in [2.05, 4.69) is 17.0 Å². The highest BCUT2D eigenvalue weighted by atomic mass is 16.6. The largest absolute Gasteiger partial charge is 0.463 e. The van der Waals surface area contributed by atoms with Gasteiger partial charge in [-0.2, -0.15) is 15.6 Å². The molecule has 164 valence electrons. The molecule has 4 N–H and O–H groups in total. The average Bonchev–Trinajstić information content (AvgIpc) is 3.27. The number of hydrogen-bond acceptors (Lipinski definition) is 10. The van der Waals surface area contributed by atoms with Gasteiger partial charge in [0, 0.05) is 6.42 Å². The van der Waals surface area contributed by atoms with Gasteiger partial charge in [0.25, 0.3) is 0 Å². The number of rotatable bonds is 8. The number of carbonyl (C=O) groups is 1. The lowest BCUT2D eigenvalue weighted by molar-refractivity contribution is -0.150. The van der Waals surface area contributed by atoms with Crippen molar-refractivity contribution in [3.8, 4) is 12.1 Å². The normalized spacial score (nSPS) is 25.3. The molecule has 1 aliphatic rings. The van der Waals surface area contributed by atoms with Crippen molar-refractivity contribution >= 4 is 17.3 Å². The summed E-state index contributed by atoms with van der Waals surface area (Å²) in [5.74, 6) is -0.441.